The Balaban J connectivity index is 1.81. The average Bonchev–Trinajstić information content (AvgIpc) is 2.63. The number of hydrogen-bond donors (Lipinski definition) is 2. The molecular formula is C19H28F5N5. The van der Waals surface area contributed by atoms with E-state index in [-0.39, 0.29) is 24.7 Å². The molecule has 0 amide bonds. The number of likely N-dealkylation sites (tertiary alicyclic amines) is 1. The minimum atomic E-state index is -4.22. The molecule has 2 rings (SSSR count). The van der Waals surface area contributed by atoms with Crippen LogP contribution in [-0.2, 0) is 6.54 Å². The molecule has 1 heterocycles. The molecule has 164 valence electrons. The van der Waals surface area contributed by atoms with Crippen molar-refractivity contribution >= 4 is 5.96 Å². The monoisotopic (exact) mass is 421 g/mol. The summed E-state index contributed by atoms with van der Waals surface area (Å²) in [6.07, 6.45) is -2.50. The summed E-state index contributed by atoms with van der Waals surface area (Å²) in [4.78, 5) is 7.27. The number of alkyl halides is 3. The Morgan fingerprint density at radius 1 is 1.28 bits per heavy atom. The van der Waals surface area contributed by atoms with Crippen LogP contribution in [0.2, 0.25) is 0 Å². The van der Waals surface area contributed by atoms with Crippen molar-refractivity contribution < 1.29 is 22.0 Å². The number of guanidine groups is 1. The molecular weight excluding hydrogens is 393 g/mol. The van der Waals surface area contributed by atoms with Crippen molar-refractivity contribution in [3.8, 4) is 0 Å². The second-order valence-electron chi connectivity index (χ2n) is 7.27. The highest BCUT2D eigenvalue weighted by molar-refractivity contribution is 5.79. The largest absolute Gasteiger partial charge is 0.401 e. The standard InChI is InChI=1S/C19H28F5N5/c1-25-18(26-8-10-28(2)13-19(22,23)24)27-14-5-4-9-29(11-14)12-15-16(20)6-3-7-17(15)21/h3,6-7,14H,4-5,8-13H2,1-2H3,(H2,25,26,27). The van der Waals surface area contributed by atoms with Gasteiger partial charge in [0.1, 0.15) is 11.6 Å². The first-order valence-electron chi connectivity index (χ1n) is 9.55. The fourth-order valence-electron chi connectivity index (χ4n) is 3.36. The summed E-state index contributed by atoms with van der Waals surface area (Å²) in [7, 11) is 3.00. The molecule has 1 saturated heterocycles. The topological polar surface area (TPSA) is 42.9 Å². The number of benzene rings is 1. The quantitative estimate of drug-likeness (QED) is 0.404. The number of nitrogens with one attached hydrogen (secondary N) is 2. The smallest absolute Gasteiger partial charge is 0.355 e. The SMILES string of the molecule is CN=C(NCCN(C)CC(F)(F)F)NC1CCCN(Cc2c(F)cccc2F)C1. The average molecular weight is 421 g/mol. The van der Waals surface area contributed by atoms with Crippen LogP contribution in [0.15, 0.2) is 23.2 Å². The molecule has 5 nitrogen and oxygen atoms in total. The van der Waals surface area contributed by atoms with Crippen LogP contribution in [0.25, 0.3) is 0 Å². The summed E-state index contributed by atoms with van der Waals surface area (Å²) in [6, 6.07) is 3.87. The highest BCUT2D eigenvalue weighted by Gasteiger charge is 2.29. The Labute approximate surface area is 168 Å². The van der Waals surface area contributed by atoms with Crippen LogP contribution < -0.4 is 10.6 Å². The molecule has 0 spiro atoms. The zero-order valence-corrected chi connectivity index (χ0v) is 16.7. The van der Waals surface area contributed by atoms with E-state index in [0.29, 0.717) is 19.0 Å². The van der Waals surface area contributed by atoms with Gasteiger partial charge in [-0.05, 0) is 38.6 Å². The van der Waals surface area contributed by atoms with Gasteiger partial charge in [-0.2, -0.15) is 13.2 Å². The minimum absolute atomic E-state index is 0.0256. The number of aliphatic imine (C=N–C) groups is 1. The predicted molar refractivity (Wildman–Crippen MR) is 103 cm³/mol. The van der Waals surface area contributed by atoms with Gasteiger partial charge in [0.15, 0.2) is 5.96 Å². The number of likely N-dealkylation sites (N-methyl/N-ethyl adjacent to an activating group) is 1. The van der Waals surface area contributed by atoms with E-state index >= 15 is 0 Å². The third kappa shape index (κ3) is 8.14. The molecule has 0 bridgehead atoms. The van der Waals surface area contributed by atoms with Crippen molar-refractivity contribution in [3.63, 3.8) is 0 Å². The first-order valence-corrected chi connectivity index (χ1v) is 9.55. The number of halogens is 5. The molecule has 1 aromatic carbocycles. The van der Waals surface area contributed by atoms with Crippen LogP contribution in [-0.4, -0.2) is 74.8 Å². The molecule has 1 atom stereocenters. The summed E-state index contributed by atoms with van der Waals surface area (Å²) < 4.78 is 64.9. The molecule has 1 aliphatic rings. The molecule has 2 N–H and O–H groups in total. The number of nitrogens with zero attached hydrogens (tertiary/aromatic N) is 3. The Bertz CT molecular complexity index is 659. The first kappa shape index (κ1) is 23.3. The van der Waals surface area contributed by atoms with Crippen molar-refractivity contribution in [1.29, 1.82) is 0 Å². The van der Waals surface area contributed by atoms with E-state index in [1.165, 1.54) is 30.1 Å². The summed E-state index contributed by atoms with van der Waals surface area (Å²) in [5.74, 6) is -0.615. The molecule has 10 heteroatoms. The second-order valence-corrected chi connectivity index (χ2v) is 7.27. The fraction of sp³-hybridized carbons (Fsp3) is 0.632. The van der Waals surface area contributed by atoms with Crippen molar-refractivity contribution in [2.24, 2.45) is 4.99 Å². The van der Waals surface area contributed by atoms with E-state index < -0.39 is 24.4 Å². The van der Waals surface area contributed by atoms with E-state index in [1.807, 2.05) is 4.90 Å². The van der Waals surface area contributed by atoms with Gasteiger partial charge in [0.05, 0.1) is 6.54 Å². The minimum Gasteiger partial charge on any atom is -0.355 e. The van der Waals surface area contributed by atoms with Crippen LogP contribution >= 0.6 is 0 Å². The maximum absolute atomic E-state index is 13.9. The van der Waals surface area contributed by atoms with E-state index in [9.17, 15) is 22.0 Å². The molecule has 0 saturated carbocycles. The second kappa shape index (κ2) is 10.7. The molecule has 29 heavy (non-hydrogen) atoms. The van der Waals surface area contributed by atoms with E-state index in [1.54, 1.807) is 7.05 Å². The van der Waals surface area contributed by atoms with Gasteiger partial charge in [-0.1, -0.05) is 6.07 Å². The Morgan fingerprint density at radius 3 is 2.59 bits per heavy atom. The lowest BCUT2D eigenvalue weighted by molar-refractivity contribution is -0.142. The number of rotatable bonds is 7. The fourth-order valence-corrected chi connectivity index (χ4v) is 3.36. The van der Waals surface area contributed by atoms with Gasteiger partial charge in [-0.3, -0.25) is 14.8 Å². The molecule has 1 fully saturated rings. The summed E-state index contributed by atoms with van der Waals surface area (Å²) >= 11 is 0. The van der Waals surface area contributed by atoms with Gasteiger partial charge in [-0.15, -0.1) is 0 Å². The third-order valence-electron chi connectivity index (χ3n) is 4.75. The maximum atomic E-state index is 13.9. The molecule has 0 radical (unpaired) electrons. The molecule has 1 unspecified atom stereocenters. The third-order valence-corrected chi connectivity index (χ3v) is 4.75. The van der Waals surface area contributed by atoms with E-state index in [2.05, 4.69) is 15.6 Å². The lowest BCUT2D eigenvalue weighted by atomic mass is 10.0. The van der Waals surface area contributed by atoms with Gasteiger partial charge in [0.2, 0.25) is 0 Å². The molecule has 1 aliphatic heterocycles. The highest BCUT2D eigenvalue weighted by atomic mass is 19.4. The normalized spacial score (nSPS) is 18.9. The molecule has 0 aromatic heterocycles. The van der Waals surface area contributed by atoms with Gasteiger partial charge in [0, 0.05) is 44.8 Å². The number of piperidine rings is 1. The van der Waals surface area contributed by atoms with Crippen LogP contribution in [0.5, 0.6) is 0 Å². The van der Waals surface area contributed by atoms with Gasteiger partial charge < -0.3 is 10.6 Å². The lowest BCUT2D eigenvalue weighted by Crippen LogP contribution is -2.51. The van der Waals surface area contributed by atoms with Crippen molar-refractivity contribution in [2.45, 2.75) is 31.6 Å². The van der Waals surface area contributed by atoms with Crippen molar-refractivity contribution in [1.82, 2.24) is 20.4 Å². The molecule has 1 aromatic rings. The zero-order valence-electron chi connectivity index (χ0n) is 16.7. The van der Waals surface area contributed by atoms with Crippen LogP contribution in [0.1, 0.15) is 18.4 Å². The van der Waals surface area contributed by atoms with E-state index in [4.69, 9.17) is 0 Å². The molecule has 0 aliphatic carbocycles. The lowest BCUT2D eigenvalue weighted by Gasteiger charge is -2.34. The first-order chi connectivity index (χ1) is 13.7. The predicted octanol–water partition coefficient (Wildman–Crippen LogP) is 2.59. The van der Waals surface area contributed by atoms with E-state index in [0.717, 1.165) is 19.4 Å². The maximum Gasteiger partial charge on any atom is 0.401 e. The summed E-state index contributed by atoms with van der Waals surface area (Å²) in [5.41, 5.74) is 0.0587. The van der Waals surface area contributed by atoms with Gasteiger partial charge in [-0.25, -0.2) is 8.78 Å². The van der Waals surface area contributed by atoms with Gasteiger partial charge >= 0.3 is 6.18 Å². The Kier molecular flexibility index (Phi) is 8.63. The summed E-state index contributed by atoms with van der Waals surface area (Å²) in [6.45, 7) is 1.06. The highest BCUT2D eigenvalue weighted by Crippen LogP contribution is 2.18. The van der Waals surface area contributed by atoms with Crippen LogP contribution in [0.4, 0.5) is 22.0 Å². The Hall–Kier alpha value is -1.94. The zero-order chi connectivity index (χ0) is 21.4. The van der Waals surface area contributed by atoms with Crippen LogP contribution in [0.3, 0.4) is 0 Å². The van der Waals surface area contributed by atoms with Crippen molar-refractivity contribution in [3.05, 3.63) is 35.4 Å². The van der Waals surface area contributed by atoms with Crippen LogP contribution in [0, 0.1) is 11.6 Å². The van der Waals surface area contributed by atoms with Gasteiger partial charge in [0.25, 0.3) is 0 Å². The summed E-state index contributed by atoms with van der Waals surface area (Å²) in [5, 5.41) is 6.25. The Morgan fingerprint density at radius 2 is 1.97 bits per heavy atom. The van der Waals surface area contributed by atoms with Crippen molar-refractivity contribution in [2.75, 3.05) is 46.8 Å². The number of hydrogen-bond acceptors (Lipinski definition) is 3.